The summed E-state index contributed by atoms with van der Waals surface area (Å²) in [7, 11) is 2.05. The summed E-state index contributed by atoms with van der Waals surface area (Å²) in [6, 6.07) is 0.695. The van der Waals surface area contributed by atoms with Crippen LogP contribution >= 0.6 is 11.3 Å². The van der Waals surface area contributed by atoms with Crippen LogP contribution in [0.1, 0.15) is 36.9 Å². The van der Waals surface area contributed by atoms with Crippen LogP contribution < -0.4 is 5.32 Å². The van der Waals surface area contributed by atoms with Crippen molar-refractivity contribution in [2.75, 3.05) is 20.1 Å². The van der Waals surface area contributed by atoms with Crippen LogP contribution in [0.3, 0.4) is 0 Å². The highest BCUT2D eigenvalue weighted by atomic mass is 32.1. The largest absolute Gasteiger partial charge is 0.318 e. The molecule has 2 rings (SSSR count). The Labute approximate surface area is 108 Å². The first-order valence-electron chi connectivity index (χ1n) is 6.65. The molecule has 1 aromatic heterocycles. The minimum absolute atomic E-state index is 0.695. The van der Waals surface area contributed by atoms with Gasteiger partial charge >= 0.3 is 0 Å². The number of hydrogen-bond acceptors (Lipinski definition) is 4. The van der Waals surface area contributed by atoms with Gasteiger partial charge in [0.2, 0.25) is 0 Å². The molecular formula is C13H23N3S. The van der Waals surface area contributed by atoms with Gasteiger partial charge in [0.25, 0.3) is 0 Å². The molecule has 0 aliphatic carbocycles. The number of aryl methyl sites for hydroxylation is 1. The van der Waals surface area contributed by atoms with E-state index in [0.29, 0.717) is 6.04 Å². The smallest absolute Gasteiger partial charge is 0.0926 e. The van der Waals surface area contributed by atoms with Crippen LogP contribution in [0.4, 0.5) is 0 Å². The van der Waals surface area contributed by atoms with E-state index in [1.807, 2.05) is 7.05 Å². The Morgan fingerprint density at radius 2 is 2.41 bits per heavy atom. The number of likely N-dealkylation sites (N-methyl/N-ethyl adjacent to an activating group) is 1. The van der Waals surface area contributed by atoms with E-state index in [0.717, 1.165) is 19.5 Å². The van der Waals surface area contributed by atoms with E-state index in [9.17, 15) is 0 Å². The lowest BCUT2D eigenvalue weighted by atomic mass is 10.0. The molecule has 17 heavy (non-hydrogen) atoms. The summed E-state index contributed by atoms with van der Waals surface area (Å²) in [5, 5.41) is 6.80. The number of thiazole rings is 1. The molecule has 1 aliphatic heterocycles. The molecule has 4 heteroatoms. The third kappa shape index (κ3) is 3.50. The van der Waals surface area contributed by atoms with Gasteiger partial charge in [-0.3, -0.25) is 4.90 Å². The van der Waals surface area contributed by atoms with Crippen molar-refractivity contribution < 1.29 is 0 Å². The normalized spacial score (nSPS) is 21.9. The maximum Gasteiger partial charge on any atom is 0.0926 e. The predicted octanol–water partition coefficient (Wildman–Crippen LogP) is 2.28. The van der Waals surface area contributed by atoms with Crippen LogP contribution in [-0.2, 0) is 13.0 Å². The number of nitrogens with one attached hydrogen (secondary N) is 1. The van der Waals surface area contributed by atoms with Crippen LogP contribution in [0, 0.1) is 0 Å². The molecular weight excluding hydrogens is 230 g/mol. The second-order valence-electron chi connectivity index (χ2n) is 4.76. The zero-order valence-electron chi connectivity index (χ0n) is 10.9. The molecule has 0 radical (unpaired) electrons. The molecule has 1 aromatic rings. The van der Waals surface area contributed by atoms with Gasteiger partial charge in [0.1, 0.15) is 0 Å². The SMILES string of the molecule is CCc1nc(CN2CCCCC2CNC)cs1. The first-order chi connectivity index (χ1) is 8.33. The average molecular weight is 253 g/mol. The Kier molecular flexibility index (Phi) is 4.95. The summed E-state index contributed by atoms with van der Waals surface area (Å²) in [5.41, 5.74) is 1.26. The molecule has 1 N–H and O–H groups in total. The highest BCUT2D eigenvalue weighted by molar-refractivity contribution is 7.09. The number of rotatable bonds is 5. The Hall–Kier alpha value is -0.450. The maximum absolute atomic E-state index is 4.67. The third-order valence-corrected chi connectivity index (χ3v) is 4.50. The fourth-order valence-corrected chi connectivity index (χ4v) is 3.26. The van der Waals surface area contributed by atoms with Gasteiger partial charge in [-0.1, -0.05) is 13.3 Å². The number of piperidine rings is 1. The molecule has 1 atom stereocenters. The molecule has 0 amide bonds. The van der Waals surface area contributed by atoms with Crippen LogP contribution in [0.5, 0.6) is 0 Å². The Bertz CT molecular complexity index is 335. The number of likely N-dealkylation sites (tertiary alicyclic amines) is 1. The highest BCUT2D eigenvalue weighted by Gasteiger charge is 2.22. The van der Waals surface area contributed by atoms with Crippen LogP contribution in [0.25, 0.3) is 0 Å². The van der Waals surface area contributed by atoms with E-state index in [1.54, 1.807) is 11.3 Å². The summed E-state index contributed by atoms with van der Waals surface area (Å²) in [6.45, 7) is 5.53. The molecule has 0 saturated carbocycles. The topological polar surface area (TPSA) is 28.2 Å². The Morgan fingerprint density at radius 1 is 1.53 bits per heavy atom. The van der Waals surface area contributed by atoms with Gasteiger partial charge in [0.15, 0.2) is 0 Å². The van der Waals surface area contributed by atoms with Crippen molar-refractivity contribution in [3.63, 3.8) is 0 Å². The quantitative estimate of drug-likeness (QED) is 0.872. The lowest BCUT2D eigenvalue weighted by molar-refractivity contribution is 0.138. The van der Waals surface area contributed by atoms with Crippen LogP contribution in [0.2, 0.25) is 0 Å². The molecule has 1 fully saturated rings. The van der Waals surface area contributed by atoms with Gasteiger partial charge in [-0.05, 0) is 32.9 Å². The predicted molar refractivity (Wildman–Crippen MR) is 73.5 cm³/mol. The minimum Gasteiger partial charge on any atom is -0.318 e. The maximum atomic E-state index is 4.67. The number of hydrogen-bond donors (Lipinski definition) is 1. The minimum atomic E-state index is 0.695. The monoisotopic (exact) mass is 253 g/mol. The molecule has 96 valence electrons. The molecule has 1 saturated heterocycles. The molecule has 1 unspecified atom stereocenters. The lowest BCUT2D eigenvalue weighted by Crippen LogP contribution is -2.44. The molecule has 0 bridgehead atoms. The van der Waals surface area contributed by atoms with Gasteiger partial charge in [-0.15, -0.1) is 11.3 Å². The highest BCUT2D eigenvalue weighted by Crippen LogP contribution is 2.20. The van der Waals surface area contributed by atoms with Gasteiger partial charge < -0.3 is 5.32 Å². The second kappa shape index (κ2) is 6.47. The van der Waals surface area contributed by atoms with Crippen molar-refractivity contribution in [2.45, 2.75) is 45.2 Å². The van der Waals surface area contributed by atoms with E-state index in [1.165, 1.54) is 36.5 Å². The van der Waals surface area contributed by atoms with Gasteiger partial charge in [0, 0.05) is 24.5 Å². The second-order valence-corrected chi connectivity index (χ2v) is 5.71. The number of aromatic nitrogens is 1. The van der Waals surface area contributed by atoms with Crippen molar-refractivity contribution in [1.29, 1.82) is 0 Å². The first kappa shape index (κ1) is 13.0. The zero-order chi connectivity index (χ0) is 12.1. The molecule has 2 heterocycles. The van der Waals surface area contributed by atoms with Crippen molar-refractivity contribution in [3.8, 4) is 0 Å². The standard InChI is InChI=1S/C13H23N3S/c1-3-13-15-11(10-17-13)9-16-7-5-4-6-12(16)8-14-2/h10,12,14H,3-9H2,1-2H3. The summed E-state index contributed by atoms with van der Waals surface area (Å²) < 4.78 is 0. The lowest BCUT2D eigenvalue weighted by Gasteiger charge is -2.35. The van der Waals surface area contributed by atoms with E-state index in [4.69, 9.17) is 0 Å². The van der Waals surface area contributed by atoms with E-state index in [2.05, 4.69) is 27.5 Å². The van der Waals surface area contributed by atoms with Gasteiger partial charge in [-0.25, -0.2) is 4.98 Å². The van der Waals surface area contributed by atoms with E-state index < -0.39 is 0 Å². The van der Waals surface area contributed by atoms with Crippen LogP contribution in [0.15, 0.2) is 5.38 Å². The summed E-state index contributed by atoms with van der Waals surface area (Å²) in [5.74, 6) is 0. The molecule has 0 aromatic carbocycles. The zero-order valence-corrected chi connectivity index (χ0v) is 11.7. The van der Waals surface area contributed by atoms with Gasteiger partial charge in [0.05, 0.1) is 10.7 Å². The van der Waals surface area contributed by atoms with Crippen molar-refractivity contribution in [3.05, 3.63) is 16.1 Å². The molecule has 1 aliphatic rings. The fraction of sp³-hybridized carbons (Fsp3) is 0.769. The first-order valence-corrected chi connectivity index (χ1v) is 7.53. The van der Waals surface area contributed by atoms with Crippen molar-refractivity contribution in [2.24, 2.45) is 0 Å². The van der Waals surface area contributed by atoms with Crippen LogP contribution in [-0.4, -0.2) is 36.1 Å². The van der Waals surface area contributed by atoms with E-state index >= 15 is 0 Å². The van der Waals surface area contributed by atoms with E-state index in [-0.39, 0.29) is 0 Å². The fourth-order valence-electron chi connectivity index (χ4n) is 2.53. The summed E-state index contributed by atoms with van der Waals surface area (Å²) in [4.78, 5) is 7.27. The Morgan fingerprint density at radius 3 is 3.12 bits per heavy atom. The molecule has 3 nitrogen and oxygen atoms in total. The summed E-state index contributed by atoms with van der Waals surface area (Å²) >= 11 is 1.80. The number of nitrogens with zero attached hydrogens (tertiary/aromatic N) is 2. The third-order valence-electron chi connectivity index (χ3n) is 3.46. The average Bonchev–Trinajstić information content (AvgIpc) is 2.80. The Balaban J connectivity index is 1.95. The van der Waals surface area contributed by atoms with Gasteiger partial charge in [-0.2, -0.15) is 0 Å². The van der Waals surface area contributed by atoms with Crippen molar-refractivity contribution in [1.82, 2.24) is 15.2 Å². The molecule has 0 spiro atoms. The van der Waals surface area contributed by atoms with Crippen molar-refractivity contribution >= 4 is 11.3 Å². The summed E-state index contributed by atoms with van der Waals surface area (Å²) in [6.07, 6.45) is 5.10.